The molecule has 0 spiro atoms. The summed E-state index contributed by atoms with van der Waals surface area (Å²) in [6.07, 6.45) is 80.6. The molecule has 1 amide bonds. The number of amides is 1. The van der Waals surface area contributed by atoms with Crippen molar-refractivity contribution in [2.45, 2.75) is 392 Å². The molecule has 444 valence electrons. The van der Waals surface area contributed by atoms with E-state index < -0.39 is 12.1 Å². The first-order valence-corrected chi connectivity index (χ1v) is 34.1. The number of carbonyl (C=O) groups is 2. The van der Waals surface area contributed by atoms with Gasteiger partial charge in [0.15, 0.2) is 0 Å². The zero-order valence-electron chi connectivity index (χ0n) is 50.8. The molecule has 3 N–H and O–H groups in total. The minimum atomic E-state index is -0.677. The van der Waals surface area contributed by atoms with E-state index in [2.05, 4.69) is 43.5 Å². The van der Waals surface area contributed by atoms with Gasteiger partial charge in [0.1, 0.15) is 0 Å². The Morgan fingerprint density at radius 3 is 0.947 bits per heavy atom. The summed E-state index contributed by atoms with van der Waals surface area (Å²) in [5.41, 5.74) is 0. The number of esters is 1. The largest absolute Gasteiger partial charge is 0.466 e. The summed E-state index contributed by atoms with van der Waals surface area (Å²) in [4.78, 5) is 24.6. The lowest BCUT2D eigenvalue weighted by Crippen LogP contribution is -2.45. The van der Waals surface area contributed by atoms with Crippen molar-refractivity contribution in [2.24, 2.45) is 0 Å². The lowest BCUT2D eigenvalue weighted by Gasteiger charge is -2.22. The minimum Gasteiger partial charge on any atom is -0.466 e. The fraction of sp³-hybridized carbons (Fsp3) is 0.913. The van der Waals surface area contributed by atoms with Crippen LogP contribution in [0.25, 0.3) is 0 Å². The first-order chi connectivity index (χ1) is 37.0. The Morgan fingerprint density at radius 2 is 0.627 bits per heavy atom. The third kappa shape index (κ3) is 61.4. The van der Waals surface area contributed by atoms with Gasteiger partial charge in [0.05, 0.1) is 25.4 Å². The van der Waals surface area contributed by atoms with Crippen molar-refractivity contribution in [3.05, 3.63) is 24.3 Å². The summed E-state index contributed by atoms with van der Waals surface area (Å²) >= 11 is 0. The predicted molar refractivity (Wildman–Crippen MR) is 329 cm³/mol. The van der Waals surface area contributed by atoms with Crippen molar-refractivity contribution in [1.82, 2.24) is 5.32 Å². The third-order valence-electron chi connectivity index (χ3n) is 16.0. The van der Waals surface area contributed by atoms with Gasteiger partial charge < -0.3 is 20.3 Å². The summed E-state index contributed by atoms with van der Waals surface area (Å²) in [5, 5.41) is 23.4. The number of ether oxygens (including phenoxy) is 1. The number of carbonyl (C=O) groups excluding carboxylic acids is 2. The summed E-state index contributed by atoms with van der Waals surface area (Å²) in [5.74, 6) is -0.0528. The first-order valence-electron chi connectivity index (χ1n) is 34.1. The van der Waals surface area contributed by atoms with E-state index in [1.165, 1.54) is 283 Å². The molecule has 0 aromatic carbocycles. The number of rotatable bonds is 64. The number of hydrogen-bond donors (Lipinski definition) is 3. The summed E-state index contributed by atoms with van der Waals surface area (Å²) < 4.78 is 5.49. The Morgan fingerprint density at radius 1 is 0.360 bits per heavy atom. The molecule has 0 aliphatic heterocycles. The predicted octanol–water partition coefficient (Wildman–Crippen LogP) is 21.8. The second-order valence-electron chi connectivity index (χ2n) is 23.5. The molecule has 0 aliphatic rings. The molecule has 0 fully saturated rings. The molecule has 2 unspecified atom stereocenters. The van der Waals surface area contributed by atoms with Gasteiger partial charge in [-0.15, -0.1) is 0 Å². The van der Waals surface area contributed by atoms with Gasteiger partial charge in [-0.1, -0.05) is 314 Å². The van der Waals surface area contributed by atoms with Crippen LogP contribution in [0.2, 0.25) is 0 Å². The van der Waals surface area contributed by atoms with Crippen molar-refractivity contribution in [3.8, 4) is 0 Å². The highest BCUT2D eigenvalue weighted by Gasteiger charge is 2.20. The fourth-order valence-corrected chi connectivity index (χ4v) is 10.7. The molecule has 6 heteroatoms. The molecular formula is C69H133NO5. The van der Waals surface area contributed by atoms with Gasteiger partial charge in [0, 0.05) is 12.8 Å². The number of hydrogen-bond acceptors (Lipinski definition) is 5. The van der Waals surface area contributed by atoms with E-state index in [1.807, 2.05) is 0 Å². The Labute approximate surface area is 469 Å². The normalized spacial score (nSPS) is 12.6. The molecule has 0 radical (unpaired) electrons. The number of aliphatic hydroxyl groups is 2. The zero-order chi connectivity index (χ0) is 54.3. The number of unbranched alkanes of at least 4 members (excludes halogenated alkanes) is 49. The molecule has 0 saturated carbocycles. The van der Waals surface area contributed by atoms with Crippen molar-refractivity contribution < 1.29 is 24.5 Å². The topological polar surface area (TPSA) is 95.9 Å². The monoisotopic (exact) mass is 1060 g/mol. The summed E-state index contributed by atoms with van der Waals surface area (Å²) in [6, 6.07) is -0.555. The van der Waals surface area contributed by atoms with Gasteiger partial charge in [-0.2, -0.15) is 0 Å². The highest BCUT2D eigenvalue weighted by atomic mass is 16.5. The van der Waals surface area contributed by atoms with Crippen LogP contribution in [0.1, 0.15) is 380 Å². The summed E-state index contributed by atoms with van der Waals surface area (Å²) in [6.45, 7) is 4.96. The number of nitrogens with one attached hydrogen (secondary N) is 1. The van der Waals surface area contributed by atoms with Crippen LogP contribution in [-0.2, 0) is 14.3 Å². The van der Waals surface area contributed by atoms with Gasteiger partial charge in [-0.05, 0) is 77.0 Å². The molecule has 2 atom stereocenters. The minimum absolute atomic E-state index is 0.00497. The highest BCUT2D eigenvalue weighted by molar-refractivity contribution is 5.76. The second-order valence-corrected chi connectivity index (χ2v) is 23.5. The van der Waals surface area contributed by atoms with Crippen molar-refractivity contribution in [1.29, 1.82) is 0 Å². The van der Waals surface area contributed by atoms with Crippen LogP contribution in [-0.4, -0.2) is 47.4 Å². The molecule has 0 rings (SSSR count). The van der Waals surface area contributed by atoms with Crippen LogP contribution >= 0.6 is 0 Å². The Balaban J connectivity index is 3.44. The van der Waals surface area contributed by atoms with Crippen LogP contribution in [0, 0.1) is 0 Å². The lowest BCUT2D eigenvalue weighted by atomic mass is 10.0. The average molecular weight is 1060 g/mol. The molecule has 75 heavy (non-hydrogen) atoms. The maximum atomic E-state index is 12.5. The van der Waals surface area contributed by atoms with E-state index in [4.69, 9.17) is 4.74 Å². The van der Waals surface area contributed by atoms with E-state index in [9.17, 15) is 19.8 Å². The lowest BCUT2D eigenvalue weighted by molar-refractivity contribution is -0.143. The van der Waals surface area contributed by atoms with Crippen molar-refractivity contribution >= 4 is 11.9 Å². The van der Waals surface area contributed by atoms with E-state index in [1.54, 1.807) is 0 Å². The van der Waals surface area contributed by atoms with Gasteiger partial charge in [0.2, 0.25) is 5.91 Å². The second kappa shape index (κ2) is 64.9. The molecule has 0 aliphatic carbocycles. The molecule has 0 aromatic heterocycles. The standard InChI is InChI=1S/C69H133NO5/c1-3-5-7-9-11-13-15-17-19-21-22-23-24-25-26-27-28-30-33-37-41-45-49-53-57-61-67(72)66(65-71)70-68(73)62-58-54-50-46-42-38-34-31-32-36-40-44-48-52-56-60-64-75-69(74)63-59-55-51-47-43-39-35-29-20-18-16-14-12-10-8-6-4-2/h18,20,31,34,66-67,71-72H,3-17,19,21-30,32-33,35-65H2,1-2H3,(H,70,73)/b20-18-,34-31-. The molecule has 0 bridgehead atoms. The van der Waals surface area contributed by atoms with Crippen molar-refractivity contribution in [3.63, 3.8) is 0 Å². The average Bonchev–Trinajstić information content (AvgIpc) is 3.41. The molecular weight excluding hydrogens is 923 g/mol. The smallest absolute Gasteiger partial charge is 0.305 e. The highest BCUT2D eigenvalue weighted by Crippen LogP contribution is 2.18. The molecule has 0 saturated heterocycles. The van der Waals surface area contributed by atoms with Gasteiger partial charge >= 0.3 is 5.97 Å². The first kappa shape index (κ1) is 73.3. The van der Waals surface area contributed by atoms with Crippen LogP contribution in [0.4, 0.5) is 0 Å². The quantitative estimate of drug-likeness (QED) is 0.0320. The van der Waals surface area contributed by atoms with E-state index in [0.717, 1.165) is 64.2 Å². The Kier molecular flexibility index (Phi) is 63.4. The van der Waals surface area contributed by atoms with Crippen molar-refractivity contribution in [2.75, 3.05) is 13.2 Å². The van der Waals surface area contributed by atoms with Crippen LogP contribution < -0.4 is 5.32 Å². The van der Waals surface area contributed by atoms with Gasteiger partial charge in [-0.25, -0.2) is 0 Å². The van der Waals surface area contributed by atoms with E-state index >= 15 is 0 Å². The SMILES string of the molecule is CCCCCCCC/C=C\CCCCCCCCCC(=O)OCCCCCCCCC/C=C\CCCCCCCC(=O)NC(CO)C(O)CCCCCCCCCCCCCCCCCCCCCCCCCCC. The maximum Gasteiger partial charge on any atom is 0.305 e. The Hall–Kier alpha value is -1.66. The maximum absolute atomic E-state index is 12.5. The number of aliphatic hydroxyl groups excluding tert-OH is 2. The van der Waals surface area contributed by atoms with Gasteiger partial charge in [0.25, 0.3) is 0 Å². The zero-order valence-corrected chi connectivity index (χ0v) is 50.8. The third-order valence-corrected chi connectivity index (χ3v) is 16.0. The molecule has 6 nitrogen and oxygen atoms in total. The summed E-state index contributed by atoms with van der Waals surface area (Å²) in [7, 11) is 0. The Bertz CT molecular complexity index is 1170. The molecule has 0 heterocycles. The van der Waals surface area contributed by atoms with Crippen LogP contribution in [0.15, 0.2) is 24.3 Å². The van der Waals surface area contributed by atoms with E-state index in [-0.39, 0.29) is 18.5 Å². The fourth-order valence-electron chi connectivity index (χ4n) is 10.7. The van der Waals surface area contributed by atoms with E-state index in [0.29, 0.717) is 25.9 Å². The molecule has 0 aromatic rings. The number of allylic oxidation sites excluding steroid dienone is 4. The van der Waals surface area contributed by atoms with Gasteiger partial charge in [-0.3, -0.25) is 9.59 Å². The van der Waals surface area contributed by atoms with Crippen LogP contribution in [0.5, 0.6) is 0 Å². The van der Waals surface area contributed by atoms with Crippen LogP contribution in [0.3, 0.4) is 0 Å².